The van der Waals surface area contributed by atoms with E-state index in [0.29, 0.717) is 24.2 Å². The summed E-state index contributed by atoms with van der Waals surface area (Å²) in [5, 5.41) is 2.76. The maximum Gasteiger partial charge on any atom is 0.260 e. The van der Waals surface area contributed by atoms with E-state index < -0.39 is 0 Å². The third-order valence-corrected chi connectivity index (χ3v) is 5.57. The molecular formula is C19H20N2O2S. The number of methoxy groups -OCH3 is 1. The summed E-state index contributed by atoms with van der Waals surface area (Å²) in [5.41, 5.74) is 4.95. The average Bonchev–Trinajstić information content (AvgIpc) is 3.04. The molecule has 1 aromatic carbocycles. The van der Waals surface area contributed by atoms with Crippen LogP contribution in [-0.2, 0) is 24.0 Å². The molecule has 2 aromatic heterocycles. The van der Waals surface area contributed by atoms with Crippen molar-refractivity contribution in [2.24, 2.45) is 0 Å². The van der Waals surface area contributed by atoms with Crippen LogP contribution in [0.2, 0.25) is 0 Å². The smallest absolute Gasteiger partial charge is 0.260 e. The molecule has 24 heavy (non-hydrogen) atoms. The van der Waals surface area contributed by atoms with Crippen molar-refractivity contribution in [3.8, 4) is 11.1 Å². The first-order valence-electron chi connectivity index (χ1n) is 8.38. The van der Waals surface area contributed by atoms with E-state index in [4.69, 9.17) is 4.74 Å². The highest BCUT2D eigenvalue weighted by atomic mass is 32.1. The highest BCUT2D eigenvalue weighted by molar-refractivity contribution is 7.17. The summed E-state index contributed by atoms with van der Waals surface area (Å²) < 4.78 is 5.07. The largest absolute Gasteiger partial charge is 0.384 e. The number of hydrogen-bond acceptors (Lipinski definition) is 4. The third-order valence-electron chi connectivity index (χ3n) is 4.70. The zero-order chi connectivity index (χ0) is 16.5. The third kappa shape index (κ3) is 2.78. The molecule has 2 heterocycles. The quantitative estimate of drug-likeness (QED) is 0.787. The second kappa shape index (κ2) is 6.49. The summed E-state index contributed by atoms with van der Waals surface area (Å²) in [4.78, 5) is 20.9. The molecule has 3 aromatic rings. The van der Waals surface area contributed by atoms with E-state index in [1.54, 1.807) is 7.11 Å². The van der Waals surface area contributed by atoms with Crippen molar-refractivity contribution in [1.29, 1.82) is 0 Å². The van der Waals surface area contributed by atoms with Gasteiger partial charge in [-0.15, -0.1) is 11.3 Å². The second-order valence-electron chi connectivity index (χ2n) is 6.28. The highest BCUT2D eigenvalue weighted by Gasteiger charge is 2.15. The Labute approximate surface area is 144 Å². The van der Waals surface area contributed by atoms with Gasteiger partial charge in [0, 0.05) is 24.5 Å². The Kier molecular flexibility index (Phi) is 4.21. The molecule has 0 aliphatic heterocycles. The fraction of sp³-hybridized carbons (Fsp3) is 0.368. The van der Waals surface area contributed by atoms with Gasteiger partial charge in [-0.1, -0.05) is 18.2 Å². The van der Waals surface area contributed by atoms with Crippen LogP contribution in [0.25, 0.3) is 21.3 Å². The molecule has 0 saturated carbocycles. The van der Waals surface area contributed by atoms with E-state index in [-0.39, 0.29) is 5.56 Å². The van der Waals surface area contributed by atoms with Crippen LogP contribution in [0.15, 0.2) is 28.4 Å². The van der Waals surface area contributed by atoms with E-state index in [9.17, 15) is 4.79 Å². The Bertz CT molecular complexity index is 942. The molecule has 0 fully saturated rings. The van der Waals surface area contributed by atoms with Crippen LogP contribution in [0.3, 0.4) is 0 Å². The average molecular weight is 340 g/mol. The van der Waals surface area contributed by atoms with Crippen molar-refractivity contribution in [3.63, 3.8) is 0 Å². The Hall–Kier alpha value is -1.98. The number of aryl methyl sites for hydroxylation is 2. The predicted octanol–water partition coefficient (Wildman–Crippen LogP) is 3.72. The fourth-order valence-electron chi connectivity index (χ4n) is 3.42. The first-order chi connectivity index (χ1) is 11.8. The number of fused-ring (bicyclic) bond motifs is 2. The van der Waals surface area contributed by atoms with Gasteiger partial charge in [0.1, 0.15) is 10.7 Å². The van der Waals surface area contributed by atoms with Crippen LogP contribution in [0.4, 0.5) is 0 Å². The van der Waals surface area contributed by atoms with Crippen LogP contribution in [0, 0.1) is 0 Å². The lowest BCUT2D eigenvalue weighted by Crippen LogP contribution is -2.12. The summed E-state index contributed by atoms with van der Waals surface area (Å²) >= 11 is 1.54. The molecule has 0 unspecified atom stereocenters. The number of hydrogen-bond donors (Lipinski definition) is 1. The molecule has 0 saturated heterocycles. The molecule has 5 heteroatoms. The van der Waals surface area contributed by atoms with Gasteiger partial charge in [-0.2, -0.15) is 0 Å². The Balaban J connectivity index is 1.79. The van der Waals surface area contributed by atoms with Gasteiger partial charge < -0.3 is 9.72 Å². The van der Waals surface area contributed by atoms with Crippen LogP contribution >= 0.6 is 11.3 Å². The topological polar surface area (TPSA) is 55.0 Å². The number of aromatic nitrogens is 2. The van der Waals surface area contributed by atoms with Gasteiger partial charge in [0.05, 0.1) is 12.0 Å². The molecule has 1 aliphatic rings. The van der Waals surface area contributed by atoms with Crippen molar-refractivity contribution in [2.75, 3.05) is 13.7 Å². The lowest BCUT2D eigenvalue weighted by Gasteiger charge is -2.16. The van der Waals surface area contributed by atoms with Crippen molar-refractivity contribution in [2.45, 2.75) is 32.1 Å². The lowest BCUT2D eigenvalue weighted by molar-refractivity contribution is 0.200. The van der Waals surface area contributed by atoms with Crippen molar-refractivity contribution < 1.29 is 4.74 Å². The molecule has 0 amide bonds. The first-order valence-corrected chi connectivity index (χ1v) is 9.26. The van der Waals surface area contributed by atoms with Crippen LogP contribution < -0.4 is 5.56 Å². The van der Waals surface area contributed by atoms with E-state index in [1.165, 1.54) is 41.7 Å². The molecule has 0 bridgehead atoms. The lowest BCUT2D eigenvalue weighted by atomic mass is 9.89. The minimum Gasteiger partial charge on any atom is -0.384 e. The van der Waals surface area contributed by atoms with Crippen molar-refractivity contribution in [1.82, 2.24) is 9.97 Å². The Morgan fingerprint density at radius 1 is 1.25 bits per heavy atom. The van der Waals surface area contributed by atoms with Crippen molar-refractivity contribution >= 4 is 21.6 Å². The van der Waals surface area contributed by atoms with Gasteiger partial charge in [-0.3, -0.25) is 4.79 Å². The highest BCUT2D eigenvalue weighted by Crippen LogP contribution is 2.33. The van der Waals surface area contributed by atoms with E-state index in [2.05, 4.69) is 33.5 Å². The monoisotopic (exact) mass is 340 g/mol. The Morgan fingerprint density at radius 3 is 2.92 bits per heavy atom. The molecular weight excluding hydrogens is 320 g/mol. The normalized spacial score (nSPS) is 14.0. The summed E-state index contributed by atoms with van der Waals surface area (Å²) in [7, 11) is 1.65. The molecule has 0 spiro atoms. The minimum atomic E-state index is -0.0555. The number of rotatable bonds is 4. The van der Waals surface area contributed by atoms with E-state index >= 15 is 0 Å². The maximum absolute atomic E-state index is 12.6. The maximum atomic E-state index is 12.6. The molecule has 1 aliphatic carbocycles. The second-order valence-corrected chi connectivity index (χ2v) is 7.13. The van der Waals surface area contributed by atoms with Gasteiger partial charge in [0.2, 0.25) is 0 Å². The first kappa shape index (κ1) is 15.5. The number of H-pyrrole nitrogens is 1. The SMILES string of the molecule is COCCc1nc2scc(-c3ccc4c(c3)CCCC4)c2c(=O)[nH]1. The number of benzene rings is 1. The summed E-state index contributed by atoms with van der Waals surface area (Å²) in [6, 6.07) is 6.63. The number of aromatic amines is 1. The van der Waals surface area contributed by atoms with Gasteiger partial charge in [0.15, 0.2) is 0 Å². The molecule has 0 radical (unpaired) electrons. The van der Waals surface area contributed by atoms with Gasteiger partial charge in [0.25, 0.3) is 5.56 Å². The van der Waals surface area contributed by atoms with Gasteiger partial charge in [-0.25, -0.2) is 4.98 Å². The standard InChI is InChI=1S/C19H20N2O2S/c1-23-9-8-16-20-18(22)17-15(11-24-19(17)21-16)14-7-6-12-4-2-3-5-13(12)10-14/h6-7,10-11H,2-5,8-9H2,1H3,(H,20,21,22). The summed E-state index contributed by atoms with van der Waals surface area (Å²) in [6.07, 6.45) is 5.47. The van der Waals surface area contributed by atoms with Crippen LogP contribution in [0.1, 0.15) is 29.8 Å². The predicted molar refractivity (Wildman–Crippen MR) is 97.9 cm³/mol. The summed E-state index contributed by atoms with van der Waals surface area (Å²) in [6.45, 7) is 0.553. The molecule has 0 atom stereocenters. The zero-order valence-corrected chi connectivity index (χ0v) is 14.5. The van der Waals surface area contributed by atoms with E-state index in [1.807, 2.05) is 0 Å². The van der Waals surface area contributed by atoms with Gasteiger partial charge in [-0.05, 0) is 42.4 Å². The van der Waals surface area contributed by atoms with Gasteiger partial charge >= 0.3 is 0 Å². The molecule has 124 valence electrons. The minimum absolute atomic E-state index is 0.0555. The number of thiophene rings is 1. The molecule has 1 N–H and O–H groups in total. The van der Waals surface area contributed by atoms with E-state index in [0.717, 1.165) is 22.4 Å². The Morgan fingerprint density at radius 2 is 2.08 bits per heavy atom. The number of ether oxygens (including phenoxy) is 1. The number of nitrogens with zero attached hydrogens (tertiary/aromatic N) is 1. The van der Waals surface area contributed by atoms with Crippen molar-refractivity contribution in [3.05, 3.63) is 50.9 Å². The van der Waals surface area contributed by atoms with Crippen LogP contribution in [-0.4, -0.2) is 23.7 Å². The van der Waals surface area contributed by atoms with Crippen LogP contribution in [0.5, 0.6) is 0 Å². The summed E-state index contributed by atoms with van der Waals surface area (Å²) in [5.74, 6) is 0.688. The fourth-order valence-corrected chi connectivity index (χ4v) is 4.39. The zero-order valence-electron chi connectivity index (χ0n) is 13.7. The molecule has 4 rings (SSSR count). The molecule has 4 nitrogen and oxygen atoms in total. The number of nitrogens with one attached hydrogen (secondary N) is 1.